The van der Waals surface area contributed by atoms with Crippen LogP contribution in [-0.4, -0.2) is 45.3 Å². The first kappa shape index (κ1) is 15.7. The fraction of sp³-hybridized carbons (Fsp3) is 0.111. The molecule has 0 aliphatic rings. The minimum atomic E-state index is 0.0217. The zero-order valence-electron chi connectivity index (χ0n) is 13.8. The molecule has 0 saturated heterocycles. The topological polar surface area (TPSA) is 83.1 Å². The van der Waals surface area contributed by atoms with Crippen LogP contribution in [0, 0.1) is 13.8 Å². The number of aromatic nitrogens is 6. The summed E-state index contributed by atoms with van der Waals surface area (Å²) in [6.07, 6.45) is 3.58. The fourth-order valence-corrected chi connectivity index (χ4v) is 4.84. The standard InChI is InChI=1S/C18H16N6Se/c1-11-17(15(23-21-11)13-7-3-5-9-19-13)25-18-12(2)22-24-16(18)14-8-4-6-10-20-14/h3-10H,1-2H3,(H,21,23)(H,22,24). The summed E-state index contributed by atoms with van der Waals surface area (Å²) in [4.78, 5) is 8.89. The van der Waals surface area contributed by atoms with Gasteiger partial charge in [0.2, 0.25) is 0 Å². The number of hydrogen-bond donors (Lipinski definition) is 2. The van der Waals surface area contributed by atoms with E-state index >= 15 is 0 Å². The molecule has 0 radical (unpaired) electrons. The molecular weight excluding hydrogens is 379 g/mol. The predicted molar refractivity (Wildman–Crippen MR) is 98.1 cm³/mol. The van der Waals surface area contributed by atoms with E-state index in [2.05, 4.69) is 30.4 Å². The van der Waals surface area contributed by atoms with Crippen molar-refractivity contribution in [2.45, 2.75) is 13.8 Å². The summed E-state index contributed by atoms with van der Waals surface area (Å²) in [5.41, 5.74) is 5.70. The van der Waals surface area contributed by atoms with Gasteiger partial charge in [-0.25, -0.2) is 0 Å². The number of aryl methyl sites for hydroxylation is 2. The zero-order valence-corrected chi connectivity index (χ0v) is 15.5. The molecule has 0 bridgehead atoms. The van der Waals surface area contributed by atoms with Crippen molar-refractivity contribution in [3.63, 3.8) is 0 Å². The van der Waals surface area contributed by atoms with Gasteiger partial charge in [-0.1, -0.05) is 0 Å². The van der Waals surface area contributed by atoms with Crippen molar-refractivity contribution in [3.05, 3.63) is 60.2 Å². The molecule has 124 valence electrons. The molecule has 4 aromatic rings. The Bertz CT molecular complexity index is 909. The van der Waals surface area contributed by atoms with Crippen molar-refractivity contribution < 1.29 is 0 Å². The van der Waals surface area contributed by atoms with E-state index in [4.69, 9.17) is 0 Å². The van der Waals surface area contributed by atoms with Gasteiger partial charge >= 0.3 is 151 Å². The van der Waals surface area contributed by atoms with Gasteiger partial charge in [0.1, 0.15) is 0 Å². The average molecular weight is 395 g/mol. The SMILES string of the molecule is Cc1[nH]nc(-c2ccccn2)c1[Se]c1c(-c2ccccn2)n[nH]c1C. The van der Waals surface area contributed by atoms with Crippen molar-refractivity contribution in [1.29, 1.82) is 0 Å². The summed E-state index contributed by atoms with van der Waals surface area (Å²) < 4.78 is 2.38. The molecule has 0 atom stereocenters. The van der Waals surface area contributed by atoms with Crippen molar-refractivity contribution in [2.24, 2.45) is 0 Å². The quantitative estimate of drug-likeness (QED) is 0.514. The molecule has 4 heterocycles. The number of rotatable bonds is 4. The van der Waals surface area contributed by atoms with Crippen LogP contribution in [-0.2, 0) is 0 Å². The van der Waals surface area contributed by atoms with Crippen molar-refractivity contribution >= 4 is 23.9 Å². The Hall–Kier alpha value is -2.76. The number of nitrogens with one attached hydrogen (secondary N) is 2. The van der Waals surface area contributed by atoms with Crippen LogP contribution in [0.25, 0.3) is 22.8 Å². The van der Waals surface area contributed by atoms with E-state index in [0.717, 1.165) is 34.2 Å². The summed E-state index contributed by atoms with van der Waals surface area (Å²) in [6, 6.07) is 11.7. The molecule has 6 nitrogen and oxygen atoms in total. The molecule has 0 aliphatic carbocycles. The number of nitrogens with zero attached hydrogens (tertiary/aromatic N) is 4. The molecule has 2 N–H and O–H groups in total. The van der Waals surface area contributed by atoms with Crippen LogP contribution in [0.2, 0.25) is 0 Å². The second kappa shape index (κ2) is 6.62. The molecule has 0 aromatic carbocycles. The number of aromatic amines is 2. The number of pyridine rings is 2. The van der Waals surface area contributed by atoms with Gasteiger partial charge < -0.3 is 0 Å². The molecule has 7 heteroatoms. The number of hydrogen-bond acceptors (Lipinski definition) is 4. The normalized spacial score (nSPS) is 11.0. The molecular formula is C18H16N6Se. The molecule has 0 fully saturated rings. The second-order valence-electron chi connectivity index (χ2n) is 5.58. The van der Waals surface area contributed by atoms with Crippen molar-refractivity contribution in [3.8, 4) is 22.8 Å². The summed E-state index contributed by atoms with van der Waals surface area (Å²) in [7, 11) is 0. The average Bonchev–Trinajstić information content (AvgIpc) is 3.21. The van der Waals surface area contributed by atoms with Gasteiger partial charge in [0.05, 0.1) is 0 Å². The zero-order chi connectivity index (χ0) is 17.2. The first-order valence-corrected chi connectivity index (χ1v) is 9.56. The summed E-state index contributed by atoms with van der Waals surface area (Å²) in [6.45, 7) is 4.10. The first-order valence-electron chi connectivity index (χ1n) is 7.84. The Morgan fingerprint density at radius 1 is 0.720 bits per heavy atom. The maximum absolute atomic E-state index is 4.48. The van der Waals surface area contributed by atoms with Crippen molar-refractivity contribution in [2.75, 3.05) is 0 Å². The molecule has 0 saturated carbocycles. The monoisotopic (exact) mass is 396 g/mol. The van der Waals surface area contributed by atoms with Crippen molar-refractivity contribution in [1.82, 2.24) is 30.4 Å². The van der Waals surface area contributed by atoms with E-state index in [1.165, 1.54) is 8.92 Å². The van der Waals surface area contributed by atoms with Crippen LogP contribution >= 0.6 is 0 Å². The molecule has 0 spiro atoms. The van der Waals surface area contributed by atoms with E-state index in [1.807, 2.05) is 50.2 Å². The molecule has 4 aromatic heterocycles. The van der Waals surface area contributed by atoms with E-state index in [1.54, 1.807) is 12.4 Å². The Balaban J connectivity index is 1.78. The fourth-order valence-electron chi connectivity index (χ4n) is 2.54. The minimum absolute atomic E-state index is 0.0217. The molecule has 0 amide bonds. The van der Waals surface area contributed by atoms with Gasteiger partial charge in [-0.2, -0.15) is 0 Å². The Labute approximate surface area is 151 Å². The molecule has 0 aliphatic heterocycles. The van der Waals surface area contributed by atoms with Crippen LogP contribution in [0.15, 0.2) is 48.8 Å². The molecule has 25 heavy (non-hydrogen) atoms. The Kier molecular flexibility index (Phi) is 4.17. The van der Waals surface area contributed by atoms with Crippen LogP contribution < -0.4 is 8.92 Å². The third-order valence-electron chi connectivity index (χ3n) is 3.80. The van der Waals surface area contributed by atoms with E-state index in [0.29, 0.717) is 0 Å². The number of H-pyrrole nitrogens is 2. The summed E-state index contributed by atoms with van der Waals surface area (Å²) in [5, 5.41) is 15.2. The predicted octanol–water partition coefficient (Wildman–Crippen LogP) is 1.53. The maximum atomic E-state index is 4.48. The molecule has 0 unspecified atom stereocenters. The van der Waals surface area contributed by atoms with E-state index in [9.17, 15) is 0 Å². The van der Waals surface area contributed by atoms with Gasteiger partial charge in [0.25, 0.3) is 0 Å². The van der Waals surface area contributed by atoms with Gasteiger partial charge in [0, 0.05) is 0 Å². The molecule has 4 rings (SSSR count). The van der Waals surface area contributed by atoms with Gasteiger partial charge in [-0.15, -0.1) is 0 Å². The summed E-state index contributed by atoms with van der Waals surface area (Å²) in [5.74, 6) is 0. The summed E-state index contributed by atoms with van der Waals surface area (Å²) >= 11 is 0.0217. The first-order chi connectivity index (χ1) is 12.2. The van der Waals surface area contributed by atoms with Crippen LogP contribution in [0.5, 0.6) is 0 Å². The van der Waals surface area contributed by atoms with Crippen LogP contribution in [0.4, 0.5) is 0 Å². The van der Waals surface area contributed by atoms with E-state index < -0.39 is 0 Å². The van der Waals surface area contributed by atoms with Gasteiger partial charge in [0.15, 0.2) is 0 Å². The van der Waals surface area contributed by atoms with Crippen LogP contribution in [0.3, 0.4) is 0 Å². The third-order valence-corrected chi connectivity index (χ3v) is 6.75. The van der Waals surface area contributed by atoms with Crippen LogP contribution in [0.1, 0.15) is 11.4 Å². The third kappa shape index (κ3) is 2.99. The Morgan fingerprint density at radius 3 is 1.60 bits per heavy atom. The van der Waals surface area contributed by atoms with Gasteiger partial charge in [-0.3, -0.25) is 0 Å². The van der Waals surface area contributed by atoms with Gasteiger partial charge in [-0.05, 0) is 0 Å². The Morgan fingerprint density at radius 2 is 1.20 bits per heavy atom. The second-order valence-corrected chi connectivity index (χ2v) is 7.73. The van der Waals surface area contributed by atoms with E-state index in [-0.39, 0.29) is 15.0 Å².